The third kappa shape index (κ3) is 2.68. The van der Waals surface area contributed by atoms with E-state index in [-0.39, 0.29) is 23.7 Å². The van der Waals surface area contributed by atoms with E-state index in [4.69, 9.17) is 4.74 Å². The second kappa shape index (κ2) is 5.13. The Morgan fingerprint density at radius 2 is 2.45 bits per heavy atom. The monoisotopic (exact) mass is 278 g/mol. The molecule has 0 aromatic carbocycles. The number of halogens is 1. The first-order valence-electron chi connectivity index (χ1n) is 7.08. The lowest BCUT2D eigenvalue weighted by Gasteiger charge is -2.23. The fraction of sp³-hybridized carbons (Fsp3) is 0.600. The molecule has 3 rings (SSSR count). The van der Waals surface area contributed by atoms with Gasteiger partial charge in [0.05, 0.1) is 24.8 Å². The number of hydrogen-bond donors (Lipinski definition) is 0. The van der Waals surface area contributed by atoms with Gasteiger partial charge in [0.1, 0.15) is 5.82 Å². The number of pyridine rings is 1. The standard InChI is InChI=1S/C15H19FN2O2/c1-11-7-15(20-9-11)4-5-18(10-15)14(19)6-13-3-2-12(16)8-17-13/h2-3,8,11H,4-7,9-10H2,1H3. The zero-order valence-electron chi connectivity index (χ0n) is 11.6. The summed E-state index contributed by atoms with van der Waals surface area (Å²) in [6, 6.07) is 2.90. The Kier molecular flexibility index (Phi) is 3.46. The van der Waals surface area contributed by atoms with Crippen molar-refractivity contribution in [1.29, 1.82) is 0 Å². The molecule has 20 heavy (non-hydrogen) atoms. The van der Waals surface area contributed by atoms with Crippen molar-refractivity contribution in [3.8, 4) is 0 Å². The zero-order chi connectivity index (χ0) is 14.2. The number of ether oxygens (including phenoxy) is 1. The summed E-state index contributed by atoms with van der Waals surface area (Å²) in [6.07, 6.45) is 3.33. The largest absolute Gasteiger partial charge is 0.373 e. The van der Waals surface area contributed by atoms with Crippen molar-refractivity contribution in [3.63, 3.8) is 0 Å². The summed E-state index contributed by atoms with van der Waals surface area (Å²) in [4.78, 5) is 18.0. The quantitative estimate of drug-likeness (QED) is 0.828. The number of carbonyl (C=O) groups excluding carboxylic acids is 1. The molecule has 0 saturated carbocycles. The number of amides is 1. The number of likely N-dealkylation sites (tertiary alicyclic amines) is 1. The van der Waals surface area contributed by atoms with Crippen LogP contribution in [0.2, 0.25) is 0 Å². The molecule has 0 aliphatic carbocycles. The van der Waals surface area contributed by atoms with Gasteiger partial charge >= 0.3 is 0 Å². The molecule has 5 heteroatoms. The molecule has 0 N–H and O–H groups in total. The molecule has 2 fully saturated rings. The van der Waals surface area contributed by atoms with Gasteiger partial charge in [0, 0.05) is 18.8 Å². The summed E-state index contributed by atoms with van der Waals surface area (Å²) >= 11 is 0. The Labute approximate surface area is 117 Å². The molecule has 3 heterocycles. The van der Waals surface area contributed by atoms with Crippen molar-refractivity contribution >= 4 is 5.91 Å². The number of carbonyl (C=O) groups is 1. The Morgan fingerprint density at radius 3 is 3.10 bits per heavy atom. The van der Waals surface area contributed by atoms with Crippen molar-refractivity contribution in [2.75, 3.05) is 19.7 Å². The Morgan fingerprint density at radius 1 is 1.60 bits per heavy atom. The molecule has 1 amide bonds. The van der Waals surface area contributed by atoms with Crippen LogP contribution in [-0.2, 0) is 16.0 Å². The van der Waals surface area contributed by atoms with Crippen molar-refractivity contribution in [2.24, 2.45) is 5.92 Å². The van der Waals surface area contributed by atoms with Crippen molar-refractivity contribution in [2.45, 2.75) is 31.8 Å². The van der Waals surface area contributed by atoms with Gasteiger partial charge in [-0.2, -0.15) is 0 Å². The first kappa shape index (κ1) is 13.5. The summed E-state index contributed by atoms with van der Waals surface area (Å²) in [5, 5.41) is 0. The Bertz CT molecular complexity index is 505. The third-order valence-electron chi connectivity index (χ3n) is 4.18. The first-order valence-corrected chi connectivity index (χ1v) is 7.08. The van der Waals surface area contributed by atoms with E-state index in [1.54, 1.807) is 6.07 Å². The van der Waals surface area contributed by atoms with Crippen LogP contribution in [0.1, 0.15) is 25.5 Å². The summed E-state index contributed by atoms with van der Waals surface area (Å²) in [5.41, 5.74) is 0.490. The average Bonchev–Trinajstić information content (AvgIpc) is 3.00. The molecule has 2 aliphatic heterocycles. The normalized spacial score (nSPS) is 29.3. The van der Waals surface area contributed by atoms with Crippen LogP contribution in [0, 0.1) is 11.7 Å². The summed E-state index contributed by atoms with van der Waals surface area (Å²) in [6.45, 7) is 4.40. The van der Waals surface area contributed by atoms with Crippen LogP contribution in [0.25, 0.3) is 0 Å². The van der Waals surface area contributed by atoms with E-state index in [0.29, 0.717) is 18.2 Å². The number of hydrogen-bond acceptors (Lipinski definition) is 3. The molecule has 2 aliphatic rings. The van der Waals surface area contributed by atoms with Gasteiger partial charge in [-0.1, -0.05) is 6.92 Å². The topological polar surface area (TPSA) is 42.4 Å². The minimum atomic E-state index is -0.380. The SMILES string of the molecule is CC1COC2(CCN(C(=O)Cc3ccc(F)cn3)C2)C1. The van der Waals surface area contributed by atoms with E-state index in [1.807, 2.05) is 4.90 Å². The predicted molar refractivity (Wildman–Crippen MR) is 71.6 cm³/mol. The highest BCUT2D eigenvalue weighted by atomic mass is 19.1. The fourth-order valence-corrected chi connectivity index (χ4v) is 3.19. The van der Waals surface area contributed by atoms with Crippen LogP contribution >= 0.6 is 0 Å². The lowest BCUT2D eigenvalue weighted by Crippen LogP contribution is -2.36. The summed E-state index contributed by atoms with van der Waals surface area (Å²) in [7, 11) is 0. The van der Waals surface area contributed by atoms with Crippen LogP contribution in [0.15, 0.2) is 18.3 Å². The number of nitrogens with zero attached hydrogens (tertiary/aromatic N) is 2. The lowest BCUT2D eigenvalue weighted by molar-refractivity contribution is -0.130. The van der Waals surface area contributed by atoms with Gasteiger partial charge in [0.15, 0.2) is 0 Å². The maximum absolute atomic E-state index is 12.8. The number of aromatic nitrogens is 1. The van der Waals surface area contributed by atoms with Gasteiger partial charge < -0.3 is 9.64 Å². The molecule has 108 valence electrons. The van der Waals surface area contributed by atoms with E-state index in [0.717, 1.165) is 32.2 Å². The molecule has 2 saturated heterocycles. The second-order valence-electron chi connectivity index (χ2n) is 6.01. The van der Waals surface area contributed by atoms with Crippen molar-refractivity contribution in [1.82, 2.24) is 9.88 Å². The third-order valence-corrected chi connectivity index (χ3v) is 4.18. The molecule has 1 aromatic heterocycles. The van der Waals surface area contributed by atoms with Crippen LogP contribution in [0.3, 0.4) is 0 Å². The molecule has 0 radical (unpaired) electrons. The number of rotatable bonds is 2. The van der Waals surface area contributed by atoms with Crippen LogP contribution in [-0.4, -0.2) is 41.1 Å². The van der Waals surface area contributed by atoms with Crippen molar-refractivity contribution < 1.29 is 13.9 Å². The fourth-order valence-electron chi connectivity index (χ4n) is 3.19. The molecule has 4 nitrogen and oxygen atoms in total. The van der Waals surface area contributed by atoms with Crippen LogP contribution < -0.4 is 0 Å². The van der Waals surface area contributed by atoms with Crippen LogP contribution in [0.4, 0.5) is 4.39 Å². The maximum Gasteiger partial charge on any atom is 0.228 e. The van der Waals surface area contributed by atoms with Crippen molar-refractivity contribution in [3.05, 3.63) is 29.8 Å². The van der Waals surface area contributed by atoms with Crippen LogP contribution in [0.5, 0.6) is 0 Å². The van der Waals surface area contributed by atoms with Gasteiger partial charge in [-0.3, -0.25) is 9.78 Å². The van der Waals surface area contributed by atoms with Gasteiger partial charge in [-0.05, 0) is 30.9 Å². The highest BCUT2D eigenvalue weighted by molar-refractivity contribution is 5.78. The van der Waals surface area contributed by atoms with Gasteiger partial charge in [0.25, 0.3) is 0 Å². The molecule has 0 bridgehead atoms. The second-order valence-corrected chi connectivity index (χ2v) is 6.01. The van der Waals surface area contributed by atoms with Gasteiger partial charge in [-0.15, -0.1) is 0 Å². The Hall–Kier alpha value is -1.49. The highest BCUT2D eigenvalue weighted by Gasteiger charge is 2.45. The summed E-state index contributed by atoms with van der Waals surface area (Å²) < 4.78 is 18.7. The van der Waals surface area contributed by atoms with E-state index in [9.17, 15) is 9.18 Å². The van der Waals surface area contributed by atoms with Gasteiger partial charge in [-0.25, -0.2) is 4.39 Å². The van der Waals surface area contributed by atoms with E-state index in [1.165, 1.54) is 6.07 Å². The minimum Gasteiger partial charge on any atom is -0.373 e. The molecule has 1 aromatic rings. The molecule has 2 unspecified atom stereocenters. The minimum absolute atomic E-state index is 0.0455. The molecular weight excluding hydrogens is 259 g/mol. The average molecular weight is 278 g/mol. The predicted octanol–water partition coefficient (Wildman–Crippen LogP) is 1.79. The molecule has 2 atom stereocenters. The zero-order valence-corrected chi connectivity index (χ0v) is 11.6. The maximum atomic E-state index is 12.8. The highest BCUT2D eigenvalue weighted by Crippen LogP contribution is 2.37. The Balaban J connectivity index is 1.60. The molecular formula is C15H19FN2O2. The summed E-state index contributed by atoms with van der Waals surface area (Å²) in [5.74, 6) is 0.239. The van der Waals surface area contributed by atoms with E-state index < -0.39 is 0 Å². The van der Waals surface area contributed by atoms with E-state index in [2.05, 4.69) is 11.9 Å². The first-order chi connectivity index (χ1) is 9.56. The van der Waals surface area contributed by atoms with E-state index >= 15 is 0 Å². The van der Waals surface area contributed by atoms with Gasteiger partial charge in [0.2, 0.25) is 5.91 Å². The molecule has 1 spiro atoms. The smallest absolute Gasteiger partial charge is 0.228 e. The lowest BCUT2D eigenvalue weighted by atomic mass is 9.94.